The first kappa shape index (κ1) is 8.27. The molecule has 1 N–H and O–H groups in total. The van der Waals surface area contributed by atoms with E-state index in [4.69, 9.17) is 0 Å². The second-order valence-electron chi connectivity index (χ2n) is 3.31. The highest BCUT2D eigenvalue weighted by Crippen LogP contribution is 2.37. The molecule has 0 radical (unpaired) electrons. The van der Waals surface area contributed by atoms with E-state index in [2.05, 4.69) is 22.0 Å². The average molecular weight is 227 g/mol. The molecule has 1 nitrogen and oxygen atoms in total. The van der Waals surface area contributed by atoms with Crippen molar-refractivity contribution >= 4 is 15.9 Å². The smallest absolute Gasteiger partial charge is 0.0923 e. The van der Waals surface area contributed by atoms with Crippen molar-refractivity contribution in [1.29, 1.82) is 0 Å². The van der Waals surface area contributed by atoms with Crippen LogP contribution in [0.3, 0.4) is 0 Å². The van der Waals surface area contributed by atoms with Gasteiger partial charge < -0.3 is 5.11 Å². The SMILES string of the molecule is Cc1cccc2c1C(O)C(Br)C2. The topological polar surface area (TPSA) is 20.2 Å². The first-order chi connectivity index (χ1) is 5.70. The first-order valence-corrected chi connectivity index (χ1v) is 5.02. The predicted molar refractivity (Wildman–Crippen MR) is 52.6 cm³/mol. The Morgan fingerprint density at radius 1 is 1.50 bits per heavy atom. The van der Waals surface area contributed by atoms with E-state index in [0.717, 1.165) is 12.0 Å². The number of aliphatic hydroxyl groups excluding tert-OH is 1. The van der Waals surface area contributed by atoms with Gasteiger partial charge in [-0.1, -0.05) is 34.1 Å². The number of fused-ring (bicyclic) bond motifs is 1. The van der Waals surface area contributed by atoms with E-state index in [0.29, 0.717) is 0 Å². The zero-order chi connectivity index (χ0) is 8.72. The molecule has 0 spiro atoms. The van der Waals surface area contributed by atoms with Crippen molar-refractivity contribution < 1.29 is 5.11 Å². The van der Waals surface area contributed by atoms with Crippen LogP contribution in [0.25, 0.3) is 0 Å². The fraction of sp³-hybridized carbons (Fsp3) is 0.400. The molecule has 1 aromatic rings. The van der Waals surface area contributed by atoms with Crippen molar-refractivity contribution in [2.24, 2.45) is 0 Å². The highest BCUT2D eigenvalue weighted by atomic mass is 79.9. The number of aliphatic hydroxyl groups is 1. The lowest BCUT2D eigenvalue weighted by atomic mass is 10.0. The quantitative estimate of drug-likeness (QED) is 0.674. The van der Waals surface area contributed by atoms with Crippen molar-refractivity contribution in [2.75, 3.05) is 0 Å². The fourth-order valence-corrected chi connectivity index (χ4v) is 2.46. The van der Waals surface area contributed by atoms with E-state index in [1.54, 1.807) is 0 Å². The number of hydrogen-bond donors (Lipinski definition) is 1. The van der Waals surface area contributed by atoms with E-state index in [1.165, 1.54) is 11.1 Å². The molecular weight excluding hydrogens is 216 g/mol. The number of benzene rings is 1. The van der Waals surface area contributed by atoms with Gasteiger partial charge >= 0.3 is 0 Å². The molecule has 2 atom stereocenters. The van der Waals surface area contributed by atoms with Crippen LogP contribution in [0.4, 0.5) is 0 Å². The summed E-state index contributed by atoms with van der Waals surface area (Å²) in [7, 11) is 0. The van der Waals surface area contributed by atoms with E-state index in [-0.39, 0.29) is 10.9 Å². The first-order valence-electron chi connectivity index (χ1n) is 4.10. The molecule has 1 aromatic carbocycles. The summed E-state index contributed by atoms with van der Waals surface area (Å²) in [4.78, 5) is 0.202. The molecular formula is C10H11BrO. The summed E-state index contributed by atoms with van der Waals surface area (Å²) in [6.45, 7) is 2.05. The lowest BCUT2D eigenvalue weighted by Gasteiger charge is -2.09. The zero-order valence-corrected chi connectivity index (χ0v) is 8.51. The maximum absolute atomic E-state index is 9.78. The molecule has 0 heterocycles. The van der Waals surface area contributed by atoms with Crippen LogP contribution in [0.2, 0.25) is 0 Å². The Morgan fingerprint density at radius 3 is 2.92 bits per heavy atom. The van der Waals surface area contributed by atoms with Gasteiger partial charge in [-0.3, -0.25) is 0 Å². The summed E-state index contributed by atoms with van der Waals surface area (Å²) in [5, 5.41) is 9.78. The van der Waals surface area contributed by atoms with Gasteiger partial charge in [0.1, 0.15) is 0 Å². The van der Waals surface area contributed by atoms with Gasteiger partial charge in [-0.15, -0.1) is 0 Å². The second kappa shape index (κ2) is 2.86. The second-order valence-corrected chi connectivity index (χ2v) is 4.49. The van der Waals surface area contributed by atoms with Gasteiger partial charge in [0.2, 0.25) is 0 Å². The van der Waals surface area contributed by atoms with Crippen molar-refractivity contribution in [1.82, 2.24) is 0 Å². The van der Waals surface area contributed by atoms with E-state index in [1.807, 2.05) is 19.1 Å². The highest BCUT2D eigenvalue weighted by Gasteiger charge is 2.29. The van der Waals surface area contributed by atoms with Crippen LogP contribution in [0, 0.1) is 6.92 Å². The van der Waals surface area contributed by atoms with Crippen LogP contribution in [0.5, 0.6) is 0 Å². The number of halogens is 1. The van der Waals surface area contributed by atoms with Crippen LogP contribution in [-0.4, -0.2) is 9.93 Å². The summed E-state index contributed by atoms with van der Waals surface area (Å²) in [5.74, 6) is 0. The van der Waals surface area contributed by atoms with Gasteiger partial charge in [0.25, 0.3) is 0 Å². The largest absolute Gasteiger partial charge is 0.387 e. The summed E-state index contributed by atoms with van der Waals surface area (Å²) >= 11 is 3.47. The van der Waals surface area contributed by atoms with Crippen molar-refractivity contribution in [3.8, 4) is 0 Å². The maximum Gasteiger partial charge on any atom is 0.0923 e. The van der Waals surface area contributed by atoms with Gasteiger partial charge in [-0.25, -0.2) is 0 Å². The molecule has 0 aromatic heterocycles. The number of hydrogen-bond acceptors (Lipinski definition) is 1. The maximum atomic E-state index is 9.78. The average Bonchev–Trinajstić information content (AvgIpc) is 2.29. The summed E-state index contributed by atoms with van der Waals surface area (Å²) in [6, 6.07) is 6.19. The molecule has 0 fully saturated rings. The third kappa shape index (κ3) is 1.10. The van der Waals surface area contributed by atoms with Crippen molar-refractivity contribution in [2.45, 2.75) is 24.3 Å². The normalized spacial score (nSPS) is 27.2. The van der Waals surface area contributed by atoms with Crippen molar-refractivity contribution in [3.63, 3.8) is 0 Å². The van der Waals surface area contributed by atoms with Crippen LogP contribution < -0.4 is 0 Å². The molecule has 0 bridgehead atoms. The Hall–Kier alpha value is -0.340. The van der Waals surface area contributed by atoms with Crippen LogP contribution in [0.1, 0.15) is 22.8 Å². The third-order valence-corrected chi connectivity index (χ3v) is 3.29. The standard InChI is InChI=1S/C10H11BrO/c1-6-3-2-4-7-5-8(11)10(12)9(6)7/h2-4,8,10,12H,5H2,1H3. The Balaban J connectivity index is 2.55. The Kier molecular flexibility index (Phi) is 1.97. The summed E-state index contributed by atoms with van der Waals surface area (Å²) in [6.07, 6.45) is 0.624. The molecule has 0 aliphatic heterocycles. The van der Waals surface area contributed by atoms with Gasteiger partial charge in [0, 0.05) is 4.83 Å². The van der Waals surface area contributed by atoms with Crippen molar-refractivity contribution in [3.05, 3.63) is 34.9 Å². The van der Waals surface area contributed by atoms with E-state index >= 15 is 0 Å². The minimum Gasteiger partial charge on any atom is -0.387 e. The Morgan fingerprint density at radius 2 is 2.25 bits per heavy atom. The summed E-state index contributed by atoms with van der Waals surface area (Å²) < 4.78 is 0. The summed E-state index contributed by atoms with van der Waals surface area (Å²) in [5.41, 5.74) is 3.60. The van der Waals surface area contributed by atoms with Crippen LogP contribution >= 0.6 is 15.9 Å². The Bertz CT molecular complexity index is 309. The molecule has 2 heteroatoms. The highest BCUT2D eigenvalue weighted by molar-refractivity contribution is 9.09. The zero-order valence-electron chi connectivity index (χ0n) is 6.92. The number of rotatable bonds is 0. The number of alkyl halides is 1. The van der Waals surface area contributed by atoms with Gasteiger partial charge in [-0.2, -0.15) is 0 Å². The molecule has 0 saturated heterocycles. The third-order valence-electron chi connectivity index (χ3n) is 2.47. The molecule has 2 unspecified atom stereocenters. The molecule has 2 rings (SSSR count). The monoisotopic (exact) mass is 226 g/mol. The van der Waals surface area contributed by atoms with Crippen LogP contribution in [-0.2, 0) is 6.42 Å². The minimum atomic E-state index is -0.318. The van der Waals surface area contributed by atoms with Gasteiger partial charge in [0.15, 0.2) is 0 Å². The molecule has 0 saturated carbocycles. The minimum absolute atomic E-state index is 0.202. The van der Waals surface area contributed by atoms with Crippen LogP contribution in [0.15, 0.2) is 18.2 Å². The van der Waals surface area contributed by atoms with Gasteiger partial charge in [-0.05, 0) is 30.0 Å². The lowest BCUT2D eigenvalue weighted by Crippen LogP contribution is -2.05. The predicted octanol–water partition coefficient (Wildman–Crippen LogP) is 2.35. The number of aryl methyl sites for hydroxylation is 1. The molecule has 1 aliphatic rings. The fourth-order valence-electron chi connectivity index (χ4n) is 1.85. The molecule has 12 heavy (non-hydrogen) atoms. The molecule has 1 aliphatic carbocycles. The van der Waals surface area contributed by atoms with E-state index < -0.39 is 0 Å². The van der Waals surface area contributed by atoms with E-state index in [9.17, 15) is 5.11 Å². The Labute approximate surface area is 80.5 Å². The van der Waals surface area contributed by atoms with Gasteiger partial charge in [0.05, 0.1) is 6.10 Å². The molecule has 64 valence electrons. The lowest BCUT2D eigenvalue weighted by molar-refractivity contribution is 0.187. The molecule has 0 amide bonds.